The SMILES string of the molecule is CC1(C)CC1.CC1(C)CCC1.CC1(C2CC2)CC1. The minimum Gasteiger partial charge on any atom is -0.0599 e. The Morgan fingerprint density at radius 3 is 1.00 bits per heavy atom. The summed E-state index contributed by atoms with van der Waals surface area (Å²) in [4.78, 5) is 0. The molecule has 0 nitrogen and oxygen atoms in total. The summed E-state index contributed by atoms with van der Waals surface area (Å²) >= 11 is 0. The van der Waals surface area contributed by atoms with Crippen molar-refractivity contribution in [3.8, 4) is 0 Å². The van der Waals surface area contributed by atoms with E-state index < -0.39 is 0 Å². The molecule has 0 atom stereocenters. The fraction of sp³-hybridized carbons (Fsp3) is 1.00. The molecule has 4 fully saturated rings. The first-order chi connectivity index (χ1) is 8.23. The molecule has 18 heavy (non-hydrogen) atoms. The molecule has 0 aliphatic heterocycles. The summed E-state index contributed by atoms with van der Waals surface area (Å²) in [6.45, 7) is 11.7. The van der Waals surface area contributed by atoms with Gasteiger partial charge in [0.2, 0.25) is 0 Å². The molecule has 0 N–H and O–H groups in total. The van der Waals surface area contributed by atoms with Crippen LogP contribution in [0.25, 0.3) is 0 Å². The molecule has 0 aromatic heterocycles. The molecule has 106 valence electrons. The Hall–Kier alpha value is 0. The van der Waals surface area contributed by atoms with Gasteiger partial charge in [-0.15, -0.1) is 0 Å². The lowest BCUT2D eigenvalue weighted by Crippen LogP contribution is -2.20. The second-order valence-electron chi connectivity index (χ2n) is 9.11. The van der Waals surface area contributed by atoms with Crippen molar-refractivity contribution in [2.75, 3.05) is 0 Å². The van der Waals surface area contributed by atoms with Gasteiger partial charge in [-0.3, -0.25) is 0 Å². The zero-order chi connectivity index (χ0) is 13.4. The van der Waals surface area contributed by atoms with Crippen LogP contribution in [0.4, 0.5) is 0 Å². The van der Waals surface area contributed by atoms with Gasteiger partial charge in [-0.1, -0.05) is 41.0 Å². The van der Waals surface area contributed by atoms with E-state index in [9.17, 15) is 0 Å². The molecule has 0 aromatic carbocycles. The normalized spacial score (nSPS) is 31.8. The van der Waals surface area contributed by atoms with Crippen molar-refractivity contribution in [1.29, 1.82) is 0 Å². The molecular weight excluding hydrogens is 216 g/mol. The fourth-order valence-corrected chi connectivity index (χ4v) is 2.52. The number of rotatable bonds is 1. The van der Waals surface area contributed by atoms with Crippen molar-refractivity contribution in [2.45, 2.75) is 92.4 Å². The highest BCUT2D eigenvalue weighted by atomic mass is 14.5. The molecule has 4 aliphatic carbocycles. The predicted octanol–water partition coefficient (Wildman–Crippen LogP) is 6.20. The van der Waals surface area contributed by atoms with Gasteiger partial charge in [0.15, 0.2) is 0 Å². The highest BCUT2D eigenvalue weighted by Crippen LogP contribution is 2.60. The average molecular weight is 250 g/mol. The zero-order valence-corrected chi connectivity index (χ0v) is 13.4. The average Bonchev–Trinajstić information content (AvgIpc) is 3.01. The van der Waals surface area contributed by atoms with E-state index >= 15 is 0 Å². The highest BCUT2D eigenvalue weighted by Gasteiger charge is 2.49. The van der Waals surface area contributed by atoms with E-state index in [1.54, 1.807) is 0 Å². The quantitative estimate of drug-likeness (QED) is 0.520. The van der Waals surface area contributed by atoms with Crippen LogP contribution >= 0.6 is 0 Å². The molecule has 0 amide bonds. The molecule has 4 aliphatic rings. The van der Waals surface area contributed by atoms with Crippen molar-refractivity contribution in [2.24, 2.45) is 22.2 Å². The smallest absolute Gasteiger partial charge is 0.0297 e. The Morgan fingerprint density at radius 2 is 0.944 bits per heavy atom. The third-order valence-corrected chi connectivity index (χ3v) is 5.56. The zero-order valence-electron chi connectivity index (χ0n) is 13.4. The summed E-state index contributed by atoms with van der Waals surface area (Å²) in [5.41, 5.74) is 2.33. The first-order valence-corrected chi connectivity index (χ1v) is 8.23. The van der Waals surface area contributed by atoms with Gasteiger partial charge in [-0.25, -0.2) is 0 Å². The molecule has 0 unspecified atom stereocenters. The highest BCUT2D eigenvalue weighted by molar-refractivity contribution is 5.00. The fourth-order valence-electron chi connectivity index (χ4n) is 2.52. The van der Waals surface area contributed by atoms with Gasteiger partial charge in [0.25, 0.3) is 0 Å². The second kappa shape index (κ2) is 4.84. The van der Waals surface area contributed by atoms with Crippen molar-refractivity contribution in [3.05, 3.63) is 0 Å². The van der Waals surface area contributed by atoms with E-state index in [1.165, 1.54) is 57.8 Å². The van der Waals surface area contributed by atoms with Crippen LogP contribution in [0.2, 0.25) is 0 Å². The molecule has 0 spiro atoms. The molecule has 4 rings (SSSR count). The van der Waals surface area contributed by atoms with Crippen molar-refractivity contribution in [3.63, 3.8) is 0 Å². The first-order valence-electron chi connectivity index (χ1n) is 8.23. The Labute approximate surface area is 115 Å². The molecule has 0 heterocycles. The van der Waals surface area contributed by atoms with Crippen LogP contribution in [0.15, 0.2) is 0 Å². The maximum Gasteiger partial charge on any atom is -0.0297 e. The van der Waals surface area contributed by atoms with Gasteiger partial charge in [0, 0.05) is 0 Å². The minimum absolute atomic E-state index is 0.722. The van der Waals surface area contributed by atoms with Gasteiger partial charge in [0.1, 0.15) is 0 Å². The molecule has 0 heteroatoms. The van der Waals surface area contributed by atoms with Crippen LogP contribution in [0.3, 0.4) is 0 Å². The van der Waals surface area contributed by atoms with Crippen LogP contribution in [0.5, 0.6) is 0 Å². The van der Waals surface area contributed by atoms with Crippen LogP contribution in [0.1, 0.15) is 92.4 Å². The lowest BCUT2D eigenvalue weighted by Gasteiger charge is -2.33. The van der Waals surface area contributed by atoms with Gasteiger partial charge in [-0.05, 0) is 73.5 Å². The molecule has 0 bridgehead atoms. The van der Waals surface area contributed by atoms with E-state index in [-0.39, 0.29) is 0 Å². The first kappa shape index (κ1) is 14.4. The van der Waals surface area contributed by atoms with E-state index in [1.807, 2.05) is 0 Å². The summed E-state index contributed by atoms with van der Waals surface area (Å²) in [5.74, 6) is 1.16. The summed E-state index contributed by atoms with van der Waals surface area (Å²) in [7, 11) is 0. The lowest BCUT2D eigenvalue weighted by molar-refractivity contribution is 0.190. The Bertz CT molecular complexity index is 264. The molecule has 4 saturated carbocycles. The maximum atomic E-state index is 2.44. The maximum absolute atomic E-state index is 2.44. The number of hydrogen-bond acceptors (Lipinski definition) is 0. The monoisotopic (exact) mass is 250 g/mol. The second-order valence-corrected chi connectivity index (χ2v) is 9.11. The van der Waals surface area contributed by atoms with Gasteiger partial charge >= 0.3 is 0 Å². The van der Waals surface area contributed by atoms with E-state index in [4.69, 9.17) is 0 Å². The van der Waals surface area contributed by atoms with Crippen LogP contribution in [-0.2, 0) is 0 Å². The van der Waals surface area contributed by atoms with Crippen molar-refractivity contribution < 1.29 is 0 Å². The Balaban J connectivity index is 0.000000102. The summed E-state index contributed by atoms with van der Waals surface area (Å²) in [6.07, 6.45) is 13.4. The van der Waals surface area contributed by atoms with E-state index in [2.05, 4.69) is 34.6 Å². The molecule has 0 radical (unpaired) electrons. The topological polar surface area (TPSA) is 0 Å². The largest absolute Gasteiger partial charge is 0.0599 e. The number of hydrogen-bond donors (Lipinski definition) is 0. The third-order valence-electron chi connectivity index (χ3n) is 5.56. The van der Waals surface area contributed by atoms with Crippen molar-refractivity contribution in [1.82, 2.24) is 0 Å². The van der Waals surface area contributed by atoms with Crippen LogP contribution < -0.4 is 0 Å². The summed E-state index contributed by atoms with van der Waals surface area (Å²) in [6, 6.07) is 0. The molecule has 0 aromatic rings. The van der Waals surface area contributed by atoms with Crippen LogP contribution in [0, 0.1) is 22.2 Å². The standard InChI is InChI=1S/C7H12.C6H12.C5H10/c1-7(4-5-7)6-2-3-6;1-6(2)4-3-5-6;1-5(2)3-4-5/h6H,2-5H2,1H3;3-5H2,1-2H3;3-4H2,1-2H3. The molecular formula is C18H34. The van der Waals surface area contributed by atoms with Crippen molar-refractivity contribution >= 4 is 0 Å². The van der Waals surface area contributed by atoms with Gasteiger partial charge < -0.3 is 0 Å². The van der Waals surface area contributed by atoms with E-state index in [0.29, 0.717) is 0 Å². The minimum atomic E-state index is 0.722. The lowest BCUT2D eigenvalue weighted by atomic mass is 9.72. The molecule has 0 saturated heterocycles. The Kier molecular flexibility index (Phi) is 3.87. The Morgan fingerprint density at radius 1 is 0.611 bits per heavy atom. The van der Waals surface area contributed by atoms with Gasteiger partial charge in [-0.2, -0.15) is 0 Å². The third kappa shape index (κ3) is 4.94. The van der Waals surface area contributed by atoms with Crippen LogP contribution in [-0.4, -0.2) is 0 Å². The summed E-state index contributed by atoms with van der Waals surface area (Å²) in [5, 5.41) is 0. The van der Waals surface area contributed by atoms with Gasteiger partial charge in [0.05, 0.1) is 0 Å². The predicted molar refractivity (Wildman–Crippen MR) is 80.7 cm³/mol. The summed E-state index contributed by atoms with van der Waals surface area (Å²) < 4.78 is 0. The van der Waals surface area contributed by atoms with E-state index in [0.717, 1.165) is 22.2 Å².